The minimum absolute atomic E-state index is 0.180. The fraction of sp³-hybridized carbons (Fsp3) is 0.417. The summed E-state index contributed by atoms with van der Waals surface area (Å²) < 4.78 is 0.837. The molecule has 1 aromatic carbocycles. The van der Waals surface area contributed by atoms with E-state index in [1.807, 2.05) is 20.8 Å². The third-order valence-electron chi connectivity index (χ3n) is 2.61. The first-order chi connectivity index (χ1) is 7.74. The van der Waals surface area contributed by atoms with Gasteiger partial charge in [0.25, 0.3) is 5.91 Å². The predicted octanol–water partition coefficient (Wildman–Crippen LogP) is 4.24. The van der Waals surface area contributed by atoms with Crippen molar-refractivity contribution in [2.45, 2.75) is 31.7 Å². The lowest BCUT2D eigenvalue weighted by atomic mass is 10.0. The second kappa shape index (κ2) is 5.59. The molecule has 0 aliphatic carbocycles. The van der Waals surface area contributed by atoms with Crippen molar-refractivity contribution in [2.24, 2.45) is 0 Å². The van der Waals surface area contributed by atoms with Crippen LogP contribution in [0.15, 0.2) is 22.7 Å². The summed E-state index contributed by atoms with van der Waals surface area (Å²) >= 11 is 15.3. The van der Waals surface area contributed by atoms with Gasteiger partial charge in [0.05, 0.1) is 21.5 Å². The molecule has 0 fully saturated rings. The molecule has 0 bridgehead atoms. The molecule has 0 saturated carbocycles. The van der Waals surface area contributed by atoms with Gasteiger partial charge in [-0.3, -0.25) is 4.79 Å². The number of alkyl halides is 1. The monoisotopic (exact) mass is 337 g/mol. The highest BCUT2D eigenvalue weighted by Gasteiger charge is 2.27. The largest absolute Gasteiger partial charge is 0.346 e. The molecule has 17 heavy (non-hydrogen) atoms. The van der Waals surface area contributed by atoms with Crippen LogP contribution in [0.2, 0.25) is 5.02 Å². The summed E-state index contributed by atoms with van der Waals surface area (Å²) in [4.78, 5) is 12.0. The molecule has 1 unspecified atom stereocenters. The molecule has 1 aromatic rings. The second-order valence-electron chi connectivity index (χ2n) is 4.42. The summed E-state index contributed by atoms with van der Waals surface area (Å²) in [5.41, 5.74) is -0.0463. The van der Waals surface area contributed by atoms with Crippen molar-refractivity contribution in [3.05, 3.63) is 33.3 Å². The Morgan fingerprint density at radius 1 is 1.47 bits per heavy atom. The molecule has 1 rings (SSSR count). The average Bonchev–Trinajstić information content (AvgIpc) is 2.15. The number of carbonyl (C=O) groups excluding carboxylic acids is 1. The fourth-order valence-electron chi connectivity index (χ4n) is 1.13. The van der Waals surface area contributed by atoms with Crippen LogP contribution in [0.1, 0.15) is 31.1 Å². The van der Waals surface area contributed by atoms with E-state index in [2.05, 4.69) is 21.2 Å². The molecule has 1 amide bonds. The number of halogens is 3. The Morgan fingerprint density at radius 2 is 2.06 bits per heavy atom. The van der Waals surface area contributed by atoms with Crippen LogP contribution in [0.25, 0.3) is 0 Å². The lowest BCUT2D eigenvalue weighted by Gasteiger charge is -2.29. The van der Waals surface area contributed by atoms with E-state index in [0.717, 1.165) is 4.47 Å². The van der Waals surface area contributed by atoms with Crippen LogP contribution < -0.4 is 5.32 Å². The van der Waals surface area contributed by atoms with Crippen LogP contribution in [0, 0.1) is 0 Å². The first kappa shape index (κ1) is 14.8. The summed E-state index contributed by atoms with van der Waals surface area (Å²) in [6.07, 6.45) is 0. The highest BCUT2D eigenvalue weighted by molar-refractivity contribution is 9.10. The molecular formula is C12H14BrCl2NO. The average molecular weight is 339 g/mol. The first-order valence-corrected chi connectivity index (χ1v) is 6.76. The highest BCUT2D eigenvalue weighted by Crippen LogP contribution is 2.23. The van der Waals surface area contributed by atoms with Crippen molar-refractivity contribution in [1.29, 1.82) is 0 Å². The predicted molar refractivity (Wildman–Crippen MR) is 76.0 cm³/mol. The summed E-state index contributed by atoms with van der Waals surface area (Å²) in [7, 11) is 0. The minimum Gasteiger partial charge on any atom is -0.346 e. The van der Waals surface area contributed by atoms with Gasteiger partial charge in [-0.2, -0.15) is 0 Å². The molecule has 0 aromatic heterocycles. The molecule has 5 heteroatoms. The number of amides is 1. The molecule has 0 aliphatic heterocycles. The van der Waals surface area contributed by atoms with Gasteiger partial charge >= 0.3 is 0 Å². The zero-order valence-electron chi connectivity index (χ0n) is 9.85. The van der Waals surface area contributed by atoms with Crippen molar-refractivity contribution in [1.82, 2.24) is 5.32 Å². The molecule has 1 N–H and O–H groups in total. The third-order valence-corrected chi connectivity index (χ3v) is 3.96. The Kier molecular flexibility index (Phi) is 4.87. The van der Waals surface area contributed by atoms with Crippen LogP contribution in [0.5, 0.6) is 0 Å². The van der Waals surface area contributed by atoms with Crippen molar-refractivity contribution >= 4 is 45.0 Å². The molecule has 0 heterocycles. The van der Waals surface area contributed by atoms with E-state index in [4.69, 9.17) is 23.2 Å². The van der Waals surface area contributed by atoms with E-state index in [-0.39, 0.29) is 11.3 Å². The number of hydrogen-bond acceptors (Lipinski definition) is 1. The second-order valence-corrected chi connectivity index (χ2v) is 6.39. The lowest BCUT2D eigenvalue weighted by molar-refractivity contribution is 0.0912. The zero-order valence-corrected chi connectivity index (χ0v) is 12.9. The van der Waals surface area contributed by atoms with Gasteiger partial charge in [-0.05, 0) is 39.0 Å². The van der Waals surface area contributed by atoms with E-state index < -0.39 is 5.54 Å². The van der Waals surface area contributed by atoms with E-state index in [1.165, 1.54) is 0 Å². The molecule has 0 spiro atoms. The summed E-state index contributed by atoms with van der Waals surface area (Å²) in [5.74, 6) is -0.222. The molecule has 0 aliphatic rings. The number of benzene rings is 1. The maximum Gasteiger partial charge on any atom is 0.253 e. The van der Waals surface area contributed by atoms with E-state index in [0.29, 0.717) is 10.6 Å². The van der Waals surface area contributed by atoms with E-state index in [9.17, 15) is 4.79 Å². The highest BCUT2D eigenvalue weighted by atomic mass is 79.9. The van der Waals surface area contributed by atoms with Crippen LogP contribution in [0.3, 0.4) is 0 Å². The van der Waals surface area contributed by atoms with E-state index >= 15 is 0 Å². The van der Waals surface area contributed by atoms with Gasteiger partial charge in [-0.1, -0.05) is 27.5 Å². The normalized spacial score (nSPS) is 13.3. The fourth-order valence-corrected chi connectivity index (χ4v) is 1.95. The summed E-state index contributed by atoms with van der Waals surface area (Å²) in [6, 6.07) is 5.14. The number of hydrogen-bond donors (Lipinski definition) is 1. The molecule has 1 atom stereocenters. The maximum absolute atomic E-state index is 12.0. The molecular weight excluding hydrogens is 325 g/mol. The van der Waals surface area contributed by atoms with Gasteiger partial charge in [0.1, 0.15) is 0 Å². The number of nitrogens with one attached hydrogen (secondary N) is 1. The van der Waals surface area contributed by atoms with Crippen LogP contribution in [0.4, 0.5) is 0 Å². The van der Waals surface area contributed by atoms with Crippen molar-refractivity contribution < 1.29 is 4.79 Å². The smallest absolute Gasteiger partial charge is 0.253 e. The molecule has 94 valence electrons. The third kappa shape index (κ3) is 3.87. The van der Waals surface area contributed by atoms with Crippen LogP contribution >= 0.6 is 39.1 Å². The Bertz CT molecular complexity index is 433. The van der Waals surface area contributed by atoms with Gasteiger partial charge in [0, 0.05) is 4.47 Å². The Labute approximate surface area is 120 Å². The zero-order chi connectivity index (χ0) is 13.2. The summed E-state index contributed by atoms with van der Waals surface area (Å²) in [5, 5.41) is 3.09. The maximum atomic E-state index is 12.0. The Balaban J connectivity index is 2.91. The minimum atomic E-state index is -0.491. The topological polar surface area (TPSA) is 29.1 Å². The van der Waals surface area contributed by atoms with Crippen molar-refractivity contribution in [3.8, 4) is 0 Å². The summed E-state index contributed by atoms with van der Waals surface area (Å²) in [6.45, 7) is 5.58. The van der Waals surface area contributed by atoms with Crippen molar-refractivity contribution in [2.75, 3.05) is 0 Å². The number of rotatable bonds is 3. The SMILES string of the molecule is CC(Cl)C(C)(C)NC(=O)c1ccc(Br)cc1Cl. The van der Waals surface area contributed by atoms with Gasteiger partial charge < -0.3 is 5.32 Å². The molecule has 0 saturated heterocycles. The van der Waals surface area contributed by atoms with Gasteiger partial charge in [-0.15, -0.1) is 11.6 Å². The lowest BCUT2D eigenvalue weighted by Crippen LogP contribution is -2.49. The van der Waals surface area contributed by atoms with Crippen LogP contribution in [-0.4, -0.2) is 16.8 Å². The number of carbonyl (C=O) groups is 1. The van der Waals surface area contributed by atoms with Crippen LogP contribution in [-0.2, 0) is 0 Å². The quantitative estimate of drug-likeness (QED) is 0.820. The van der Waals surface area contributed by atoms with Gasteiger partial charge in [0.15, 0.2) is 0 Å². The van der Waals surface area contributed by atoms with Gasteiger partial charge in [-0.25, -0.2) is 0 Å². The molecule has 2 nitrogen and oxygen atoms in total. The van der Waals surface area contributed by atoms with Gasteiger partial charge in [0.2, 0.25) is 0 Å². The van der Waals surface area contributed by atoms with E-state index in [1.54, 1.807) is 18.2 Å². The standard InChI is InChI=1S/C12H14BrCl2NO/c1-7(14)12(2,3)16-11(17)9-5-4-8(13)6-10(9)15/h4-7H,1-3H3,(H,16,17). The Morgan fingerprint density at radius 3 is 2.53 bits per heavy atom. The first-order valence-electron chi connectivity index (χ1n) is 5.15. The molecule has 0 radical (unpaired) electrons. The van der Waals surface area contributed by atoms with Crippen molar-refractivity contribution in [3.63, 3.8) is 0 Å². The Hall–Kier alpha value is -0.250.